The number of Topliss-reactive ketones (excluding diaryl/α,β-unsaturated/α-hetero) is 1. The lowest BCUT2D eigenvalue weighted by atomic mass is 9.49. The lowest BCUT2D eigenvalue weighted by Crippen LogP contribution is -2.57. The van der Waals surface area contributed by atoms with E-state index in [9.17, 15) is 4.79 Å². The van der Waals surface area contributed by atoms with Crippen molar-refractivity contribution >= 4 is 14.1 Å². The van der Waals surface area contributed by atoms with Crippen LogP contribution in [-0.2, 0) is 9.22 Å². The van der Waals surface area contributed by atoms with Gasteiger partial charge in [-0.15, -0.1) is 0 Å². The number of ketones is 1. The van der Waals surface area contributed by atoms with Gasteiger partial charge in [-0.2, -0.15) is 0 Å². The maximum atomic E-state index is 12.2. The van der Waals surface area contributed by atoms with E-state index in [1.165, 1.54) is 0 Å². The summed E-state index contributed by atoms with van der Waals surface area (Å²) < 4.78 is 6.84. The number of fused-ring (bicyclic) bond motifs is 1. The van der Waals surface area contributed by atoms with Crippen LogP contribution in [0.5, 0.6) is 0 Å². The van der Waals surface area contributed by atoms with Crippen molar-refractivity contribution in [1.82, 2.24) is 0 Å². The number of rotatable bonds is 2. The second-order valence-corrected chi connectivity index (χ2v) is 14.9. The van der Waals surface area contributed by atoms with Crippen LogP contribution in [0, 0.1) is 16.7 Å². The zero-order valence-electron chi connectivity index (χ0n) is 16.5. The van der Waals surface area contributed by atoms with Crippen molar-refractivity contribution in [2.45, 2.75) is 91.5 Å². The number of carbonyl (C=O) groups is 1. The van der Waals surface area contributed by atoms with Gasteiger partial charge in [0.15, 0.2) is 14.1 Å². The molecule has 2 fully saturated rings. The highest BCUT2D eigenvalue weighted by Crippen LogP contribution is 2.59. The maximum absolute atomic E-state index is 12.2. The molecule has 0 N–H and O–H groups in total. The number of carbonyl (C=O) groups excluding carboxylic acids is 1. The molecule has 3 atom stereocenters. The molecule has 2 rings (SSSR count). The Morgan fingerprint density at radius 2 is 1.74 bits per heavy atom. The molecule has 0 aromatic carbocycles. The molecule has 3 heteroatoms. The monoisotopic (exact) mass is 336 g/mol. The smallest absolute Gasteiger partial charge is 0.192 e. The van der Waals surface area contributed by atoms with E-state index in [0.29, 0.717) is 18.4 Å². The van der Waals surface area contributed by atoms with Crippen molar-refractivity contribution in [3.05, 3.63) is 12.2 Å². The first kappa shape index (κ1) is 18.9. The molecule has 132 valence electrons. The minimum absolute atomic E-state index is 0.0356. The fourth-order valence-electron chi connectivity index (χ4n) is 4.56. The van der Waals surface area contributed by atoms with E-state index >= 15 is 0 Å². The Morgan fingerprint density at radius 3 is 2.26 bits per heavy atom. The molecular formula is C20H36O2Si. The third-order valence-electron chi connectivity index (χ3n) is 7.35. The molecule has 0 aliphatic heterocycles. The number of hydrogen-bond donors (Lipinski definition) is 0. The van der Waals surface area contributed by atoms with Crippen LogP contribution in [0.2, 0.25) is 18.1 Å². The summed E-state index contributed by atoms with van der Waals surface area (Å²) in [5.74, 6) is 0.770. The summed E-state index contributed by atoms with van der Waals surface area (Å²) in [6, 6.07) is 0. The summed E-state index contributed by atoms with van der Waals surface area (Å²) in [5, 5.41) is 0.232. The molecule has 0 amide bonds. The Morgan fingerprint density at radius 1 is 1.17 bits per heavy atom. The second-order valence-electron chi connectivity index (χ2n) is 10.1. The van der Waals surface area contributed by atoms with E-state index in [1.54, 1.807) is 0 Å². The van der Waals surface area contributed by atoms with E-state index in [1.807, 2.05) is 0 Å². The fourth-order valence-corrected chi connectivity index (χ4v) is 6.05. The van der Waals surface area contributed by atoms with E-state index in [2.05, 4.69) is 61.2 Å². The summed E-state index contributed by atoms with van der Waals surface area (Å²) in [6.07, 6.45) is 4.01. The summed E-state index contributed by atoms with van der Waals surface area (Å²) in [6.45, 7) is 22.8. The average Bonchev–Trinajstić information content (AvgIpc) is 2.38. The molecule has 0 radical (unpaired) electrons. The third kappa shape index (κ3) is 2.99. The molecule has 2 nitrogen and oxygen atoms in total. The lowest BCUT2D eigenvalue weighted by Gasteiger charge is -2.58. The van der Waals surface area contributed by atoms with Crippen molar-refractivity contribution in [3.63, 3.8) is 0 Å². The van der Waals surface area contributed by atoms with Crippen LogP contribution in [0.15, 0.2) is 12.2 Å². The Kier molecular flexibility index (Phi) is 4.57. The van der Waals surface area contributed by atoms with Crippen LogP contribution in [-0.4, -0.2) is 20.2 Å². The molecule has 2 aliphatic carbocycles. The summed E-state index contributed by atoms with van der Waals surface area (Å²) in [4.78, 5) is 12.2. The number of hydrogen-bond acceptors (Lipinski definition) is 2. The van der Waals surface area contributed by atoms with Crippen molar-refractivity contribution < 1.29 is 9.22 Å². The summed E-state index contributed by atoms with van der Waals surface area (Å²) in [5.41, 5.74) is 0.922. The predicted molar refractivity (Wildman–Crippen MR) is 100 cm³/mol. The van der Waals surface area contributed by atoms with Gasteiger partial charge in [-0.3, -0.25) is 4.79 Å². The Labute approximate surface area is 144 Å². The minimum atomic E-state index is -1.78. The molecule has 2 aliphatic rings. The normalized spacial score (nSPS) is 35.1. The van der Waals surface area contributed by atoms with Crippen LogP contribution in [0.25, 0.3) is 0 Å². The minimum Gasteiger partial charge on any atom is -0.413 e. The first-order valence-corrected chi connectivity index (χ1v) is 12.0. The van der Waals surface area contributed by atoms with Gasteiger partial charge in [-0.1, -0.05) is 48.1 Å². The van der Waals surface area contributed by atoms with E-state index in [-0.39, 0.29) is 21.7 Å². The zero-order chi connectivity index (χ0) is 17.8. The SMILES string of the molecule is C=C1C(=O)CC[C@H]2C(C)(C)[C@@H](O[Si](C)(C)C(C)(C)C)CC[C@]12C. The zero-order valence-corrected chi connectivity index (χ0v) is 17.5. The van der Waals surface area contributed by atoms with Gasteiger partial charge in [-0.05, 0) is 59.7 Å². The van der Waals surface area contributed by atoms with Crippen LogP contribution >= 0.6 is 0 Å². The van der Waals surface area contributed by atoms with Gasteiger partial charge in [0.1, 0.15) is 0 Å². The Bertz CT molecular complexity index is 512. The topological polar surface area (TPSA) is 26.3 Å². The van der Waals surface area contributed by atoms with Gasteiger partial charge in [0, 0.05) is 6.42 Å². The molecule has 0 aromatic heterocycles. The lowest BCUT2D eigenvalue weighted by molar-refractivity contribution is -0.128. The maximum Gasteiger partial charge on any atom is 0.192 e. The summed E-state index contributed by atoms with van der Waals surface area (Å²) >= 11 is 0. The molecule has 0 saturated heterocycles. The molecular weight excluding hydrogens is 300 g/mol. The van der Waals surface area contributed by atoms with Crippen LogP contribution in [0.4, 0.5) is 0 Å². The van der Waals surface area contributed by atoms with Gasteiger partial charge < -0.3 is 4.43 Å². The molecule has 0 heterocycles. The van der Waals surface area contributed by atoms with Gasteiger partial charge in [0.25, 0.3) is 0 Å². The average molecular weight is 337 g/mol. The number of allylic oxidation sites excluding steroid dienone is 1. The highest BCUT2D eigenvalue weighted by Gasteiger charge is 2.56. The highest BCUT2D eigenvalue weighted by atomic mass is 28.4. The van der Waals surface area contributed by atoms with E-state index in [0.717, 1.165) is 24.8 Å². The van der Waals surface area contributed by atoms with E-state index < -0.39 is 8.32 Å². The van der Waals surface area contributed by atoms with Crippen LogP contribution < -0.4 is 0 Å². The third-order valence-corrected chi connectivity index (χ3v) is 11.8. The van der Waals surface area contributed by atoms with Crippen molar-refractivity contribution in [3.8, 4) is 0 Å². The molecule has 23 heavy (non-hydrogen) atoms. The molecule has 0 unspecified atom stereocenters. The van der Waals surface area contributed by atoms with Crippen LogP contribution in [0.3, 0.4) is 0 Å². The largest absolute Gasteiger partial charge is 0.413 e. The summed E-state index contributed by atoms with van der Waals surface area (Å²) in [7, 11) is -1.78. The van der Waals surface area contributed by atoms with Gasteiger partial charge >= 0.3 is 0 Å². The van der Waals surface area contributed by atoms with Crippen molar-refractivity contribution in [2.24, 2.45) is 16.7 Å². The van der Waals surface area contributed by atoms with Crippen LogP contribution in [0.1, 0.15) is 67.2 Å². The molecule has 2 saturated carbocycles. The Hall–Kier alpha value is -0.413. The van der Waals surface area contributed by atoms with Gasteiger partial charge in [0.05, 0.1) is 6.10 Å². The van der Waals surface area contributed by atoms with Crippen molar-refractivity contribution in [1.29, 1.82) is 0 Å². The van der Waals surface area contributed by atoms with E-state index in [4.69, 9.17) is 4.43 Å². The van der Waals surface area contributed by atoms with Gasteiger partial charge in [-0.25, -0.2) is 0 Å². The van der Waals surface area contributed by atoms with Crippen molar-refractivity contribution in [2.75, 3.05) is 0 Å². The predicted octanol–water partition coefficient (Wildman–Crippen LogP) is 5.74. The fraction of sp³-hybridized carbons (Fsp3) is 0.850. The first-order valence-electron chi connectivity index (χ1n) is 9.14. The van der Waals surface area contributed by atoms with Gasteiger partial charge in [0.2, 0.25) is 0 Å². The standard InChI is InChI=1S/C20H36O2Si/c1-14-15(21)10-11-16-19(5,6)17(12-13-20(14,16)7)22-23(8,9)18(2,3)4/h16-17H,1,10-13H2,2-9H3/t16-,17-,20+/m0/s1. The molecule has 0 spiro atoms. The first-order chi connectivity index (χ1) is 10.2. The second kappa shape index (κ2) is 5.55. The Balaban J connectivity index is 2.29. The quantitative estimate of drug-likeness (QED) is 0.475. The molecule has 0 bridgehead atoms. The molecule has 0 aromatic rings. The highest BCUT2D eigenvalue weighted by molar-refractivity contribution is 6.74.